The fourth-order valence-corrected chi connectivity index (χ4v) is 3.69. The number of ether oxygens (including phenoxy) is 3. The smallest absolute Gasteiger partial charge is 0.161 e. The van der Waals surface area contributed by atoms with Crippen LogP contribution >= 0.6 is 15.9 Å². The lowest BCUT2D eigenvalue weighted by Crippen LogP contribution is -2.31. The van der Waals surface area contributed by atoms with Crippen LogP contribution in [0.25, 0.3) is 0 Å². The number of fused-ring (bicyclic) bond motifs is 1. The van der Waals surface area contributed by atoms with Crippen LogP contribution in [0.3, 0.4) is 0 Å². The first-order valence-electron chi connectivity index (χ1n) is 8.67. The Morgan fingerprint density at radius 3 is 2.40 bits per heavy atom. The molecule has 2 aromatic carbocycles. The SMILES string of the molecule is CCOc1cc2c(cc1OCC)C(c1cc(Br)ccc1OC)NCC2. The summed E-state index contributed by atoms with van der Waals surface area (Å²) < 4.78 is 18.2. The number of rotatable bonds is 6. The number of hydrogen-bond donors (Lipinski definition) is 1. The molecule has 0 radical (unpaired) electrons. The number of methoxy groups -OCH3 is 1. The van der Waals surface area contributed by atoms with Crippen molar-refractivity contribution < 1.29 is 14.2 Å². The Bertz CT molecular complexity index is 748. The Balaban J connectivity index is 2.10. The van der Waals surface area contributed by atoms with Gasteiger partial charge in [-0.05, 0) is 61.7 Å². The van der Waals surface area contributed by atoms with E-state index in [-0.39, 0.29) is 6.04 Å². The van der Waals surface area contributed by atoms with E-state index in [2.05, 4.69) is 39.4 Å². The number of nitrogens with one attached hydrogen (secondary N) is 1. The standard InChI is InChI=1S/C20H24BrNO3/c1-4-24-18-10-13-8-9-22-20(15(13)12-19(18)25-5-2)16-11-14(21)6-7-17(16)23-3/h6-7,10-12,20,22H,4-5,8-9H2,1-3H3. The van der Waals surface area contributed by atoms with Gasteiger partial charge in [-0.25, -0.2) is 0 Å². The van der Waals surface area contributed by atoms with Crippen molar-refractivity contribution in [1.82, 2.24) is 5.32 Å². The van der Waals surface area contributed by atoms with Crippen LogP contribution in [0.15, 0.2) is 34.8 Å². The first-order chi connectivity index (χ1) is 12.2. The van der Waals surface area contributed by atoms with Crippen LogP contribution in [0.4, 0.5) is 0 Å². The van der Waals surface area contributed by atoms with Gasteiger partial charge in [-0.2, -0.15) is 0 Å². The lowest BCUT2D eigenvalue weighted by Gasteiger charge is -2.29. The van der Waals surface area contributed by atoms with Crippen molar-refractivity contribution in [3.05, 3.63) is 51.5 Å². The Kier molecular flexibility index (Phi) is 5.86. The van der Waals surface area contributed by atoms with E-state index in [1.807, 2.05) is 26.0 Å². The average molecular weight is 406 g/mol. The zero-order valence-electron chi connectivity index (χ0n) is 14.9. The first-order valence-corrected chi connectivity index (χ1v) is 9.46. The highest BCUT2D eigenvalue weighted by Gasteiger charge is 2.26. The van der Waals surface area contributed by atoms with Gasteiger partial charge in [0.1, 0.15) is 5.75 Å². The van der Waals surface area contributed by atoms with E-state index in [1.54, 1.807) is 7.11 Å². The molecule has 1 aliphatic rings. The van der Waals surface area contributed by atoms with Crippen molar-refractivity contribution in [3.63, 3.8) is 0 Å². The van der Waals surface area contributed by atoms with Gasteiger partial charge in [0.25, 0.3) is 0 Å². The molecule has 0 spiro atoms. The quantitative estimate of drug-likeness (QED) is 0.768. The molecule has 1 unspecified atom stereocenters. The molecule has 0 aromatic heterocycles. The van der Waals surface area contributed by atoms with Gasteiger partial charge in [-0.15, -0.1) is 0 Å². The second-order valence-electron chi connectivity index (χ2n) is 5.89. The summed E-state index contributed by atoms with van der Waals surface area (Å²) in [5.41, 5.74) is 3.62. The maximum absolute atomic E-state index is 5.83. The molecule has 1 aliphatic heterocycles. The molecule has 0 bridgehead atoms. The molecule has 0 saturated carbocycles. The highest BCUT2D eigenvalue weighted by atomic mass is 79.9. The Morgan fingerprint density at radius 2 is 1.72 bits per heavy atom. The van der Waals surface area contributed by atoms with E-state index in [9.17, 15) is 0 Å². The molecule has 3 rings (SSSR count). The third-order valence-corrected chi connectivity index (χ3v) is 4.86. The molecule has 1 heterocycles. The maximum atomic E-state index is 5.83. The van der Waals surface area contributed by atoms with E-state index in [4.69, 9.17) is 14.2 Å². The molecule has 0 saturated heterocycles. The summed E-state index contributed by atoms with van der Waals surface area (Å²) in [5, 5.41) is 3.62. The van der Waals surface area contributed by atoms with Crippen molar-refractivity contribution in [2.24, 2.45) is 0 Å². The summed E-state index contributed by atoms with van der Waals surface area (Å²) in [4.78, 5) is 0. The molecule has 0 amide bonds. The average Bonchev–Trinajstić information content (AvgIpc) is 2.62. The van der Waals surface area contributed by atoms with Crippen LogP contribution in [0.1, 0.15) is 36.6 Å². The molecular formula is C20H24BrNO3. The fraction of sp³-hybridized carbons (Fsp3) is 0.400. The van der Waals surface area contributed by atoms with Gasteiger partial charge in [-0.1, -0.05) is 15.9 Å². The fourth-order valence-electron chi connectivity index (χ4n) is 3.31. The van der Waals surface area contributed by atoms with E-state index in [1.165, 1.54) is 11.1 Å². The van der Waals surface area contributed by atoms with Crippen molar-refractivity contribution in [3.8, 4) is 17.2 Å². The van der Waals surface area contributed by atoms with Gasteiger partial charge in [0.2, 0.25) is 0 Å². The first kappa shape index (κ1) is 18.1. The molecule has 25 heavy (non-hydrogen) atoms. The zero-order valence-corrected chi connectivity index (χ0v) is 16.5. The summed E-state index contributed by atoms with van der Waals surface area (Å²) in [6.45, 7) is 6.12. The van der Waals surface area contributed by atoms with E-state index in [0.29, 0.717) is 13.2 Å². The summed E-state index contributed by atoms with van der Waals surface area (Å²) in [6.07, 6.45) is 0.967. The highest BCUT2D eigenvalue weighted by Crippen LogP contribution is 2.40. The predicted molar refractivity (Wildman–Crippen MR) is 103 cm³/mol. The van der Waals surface area contributed by atoms with E-state index >= 15 is 0 Å². The Hall–Kier alpha value is -1.72. The third kappa shape index (κ3) is 3.77. The molecule has 134 valence electrons. The molecule has 1 N–H and O–H groups in total. The maximum Gasteiger partial charge on any atom is 0.161 e. The lowest BCUT2D eigenvalue weighted by molar-refractivity contribution is 0.286. The summed E-state index contributed by atoms with van der Waals surface area (Å²) >= 11 is 3.58. The molecule has 0 aliphatic carbocycles. The molecule has 1 atom stereocenters. The Labute approximate surface area is 157 Å². The second-order valence-corrected chi connectivity index (χ2v) is 6.80. The second kappa shape index (κ2) is 8.11. The number of halogens is 1. The van der Waals surface area contributed by atoms with Gasteiger partial charge in [0.15, 0.2) is 11.5 Å². The highest BCUT2D eigenvalue weighted by molar-refractivity contribution is 9.10. The summed E-state index contributed by atoms with van der Waals surface area (Å²) in [5.74, 6) is 2.50. The van der Waals surface area contributed by atoms with E-state index < -0.39 is 0 Å². The van der Waals surface area contributed by atoms with Gasteiger partial charge in [-0.3, -0.25) is 0 Å². The minimum absolute atomic E-state index is 0.0612. The lowest BCUT2D eigenvalue weighted by atomic mass is 9.89. The van der Waals surface area contributed by atoms with Gasteiger partial charge in [0.05, 0.1) is 26.4 Å². The molecular weight excluding hydrogens is 382 g/mol. The summed E-state index contributed by atoms with van der Waals surface area (Å²) in [6, 6.07) is 10.4. The van der Waals surface area contributed by atoms with Crippen molar-refractivity contribution in [1.29, 1.82) is 0 Å². The summed E-state index contributed by atoms with van der Waals surface area (Å²) in [7, 11) is 1.71. The largest absolute Gasteiger partial charge is 0.496 e. The van der Waals surface area contributed by atoms with E-state index in [0.717, 1.165) is 40.3 Å². The van der Waals surface area contributed by atoms with Crippen LogP contribution in [0.5, 0.6) is 17.2 Å². The Morgan fingerprint density at radius 1 is 1.00 bits per heavy atom. The minimum Gasteiger partial charge on any atom is -0.496 e. The van der Waals surface area contributed by atoms with Gasteiger partial charge < -0.3 is 19.5 Å². The van der Waals surface area contributed by atoms with Crippen molar-refractivity contribution >= 4 is 15.9 Å². The van der Waals surface area contributed by atoms with Crippen LogP contribution in [0, 0.1) is 0 Å². The van der Waals surface area contributed by atoms with Crippen molar-refractivity contribution in [2.45, 2.75) is 26.3 Å². The van der Waals surface area contributed by atoms with Crippen molar-refractivity contribution in [2.75, 3.05) is 26.9 Å². The number of benzene rings is 2. The molecule has 4 nitrogen and oxygen atoms in total. The van der Waals surface area contributed by atoms with Crippen LogP contribution in [-0.2, 0) is 6.42 Å². The van der Waals surface area contributed by atoms with Crippen LogP contribution in [0.2, 0.25) is 0 Å². The van der Waals surface area contributed by atoms with Gasteiger partial charge in [0, 0.05) is 16.6 Å². The number of hydrogen-bond acceptors (Lipinski definition) is 4. The van der Waals surface area contributed by atoms with Crippen LogP contribution in [-0.4, -0.2) is 26.9 Å². The monoisotopic (exact) mass is 405 g/mol. The third-order valence-electron chi connectivity index (χ3n) is 4.36. The predicted octanol–water partition coefficient (Wildman–Crippen LogP) is 4.49. The minimum atomic E-state index is 0.0612. The van der Waals surface area contributed by atoms with Crippen LogP contribution < -0.4 is 19.5 Å². The zero-order chi connectivity index (χ0) is 17.8. The van der Waals surface area contributed by atoms with Gasteiger partial charge >= 0.3 is 0 Å². The topological polar surface area (TPSA) is 39.7 Å². The molecule has 5 heteroatoms. The molecule has 2 aromatic rings. The molecule has 0 fully saturated rings. The normalized spacial score (nSPS) is 16.2.